The third kappa shape index (κ3) is 5.74. The highest BCUT2D eigenvalue weighted by atomic mass is 32.2. The number of morpholine rings is 1. The number of hydrogen-bond donors (Lipinski definition) is 2. The molecule has 1 heterocycles. The molecule has 0 bridgehead atoms. The summed E-state index contributed by atoms with van der Waals surface area (Å²) >= 11 is 0. The molecule has 1 unspecified atom stereocenters. The average Bonchev–Trinajstić information content (AvgIpc) is 2.69. The minimum absolute atomic E-state index is 0.0548. The molecule has 1 aliphatic heterocycles. The van der Waals surface area contributed by atoms with Gasteiger partial charge in [0.15, 0.2) is 0 Å². The number of anilines is 3. The van der Waals surface area contributed by atoms with Gasteiger partial charge < -0.3 is 15.0 Å². The van der Waals surface area contributed by atoms with Crippen molar-refractivity contribution >= 4 is 33.0 Å². The van der Waals surface area contributed by atoms with E-state index >= 15 is 0 Å². The molecular formula is C22H28FN3O4S. The van der Waals surface area contributed by atoms with E-state index < -0.39 is 27.0 Å². The van der Waals surface area contributed by atoms with Crippen LogP contribution in [0.3, 0.4) is 0 Å². The molecule has 168 valence electrons. The normalized spacial score (nSPS) is 19.4. The quantitative estimate of drug-likeness (QED) is 0.700. The van der Waals surface area contributed by atoms with Crippen molar-refractivity contribution in [3.8, 4) is 0 Å². The van der Waals surface area contributed by atoms with Gasteiger partial charge in [-0.05, 0) is 70.2 Å². The number of carbonyl (C=O) groups excluding carboxylic acids is 1. The minimum Gasteiger partial charge on any atom is -0.372 e. The third-order valence-electron chi connectivity index (χ3n) is 5.01. The Morgan fingerprint density at radius 1 is 1.10 bits per heavy atom. The maximum absolute atomic E-state index is 14.7. The van der Waals surface area contributed by atoms with Crippen LogP contribution in [0.4, 0.5) is 21.5 Å². The van der Waals surface area contributed by atoms with E-state index in [0.29, 0.717) is 18.8 Å². The van der Waals surface area contributed by atoms with Crippen LogP contribution in [0.1, 0.15) is 38.1 Å². The largest absolute Gasteiger partial charge is 0.372 e. The number of nitrogens with one attached hydrogen (secondary N) is 2. The van der Waals surface area contributed by atoms with Gasteiger partial charge in [-0.25, -0.2) is 12.8 Å². The molecule has 1 amide bonds. The summed E-state index contributed by atoms with van der Waals surface area (Å²) in [4.78, 5) is 14.6. The monoisotopic (exact) mass is 449 g/mol. The number of halogens is 1. The first kappa shape index (κ1) is 23.0. The van der Waals surface area contributed by atoms with Crippen molar-refractivity contribution in [1.29, 1.82) is 0 Å². The van der Waals surface area contributed by atoms with Crippen molar-refractivity contribution < 1.29 is 22.3 Å². The molecule has 0 aliphatic carbocycles. The van der Waals surface area contributed by atoms with Gasteiger partial charge in [0.1, 0.15) is 5.82 Å². The molecule has 2 aromatic carbocycles. The van der Waals surface area contributed by atoms with Crippen LogP contribution in [0.2, 0.25) is 0 Å². The lowest BCUT2D eigenvalue weighted by molar-refractivity contribution is -0.00523. The standard InChI is InChI=1S/C22H28FN3O4S/c1-14(2)31(28,29)25-18-7-5-17(6-8-18)22(27)24-21-10-9-19(11-20(21)23)26-12-15(3)30-16(4)13-26/h5-11,14-16,25H,12-13H2,1-4H3,(H,24,27)/t15-,16?/m1/s1. The molecule has 7 nitrogen and oxygen atoms in total. The van der Waals surface area contributed by atoms with Gasteiger partial charge in [-0.2, -0.15) is 0 Å². The van der Waals surface area contributed by atoms with Crippen molar-refractivity contribution in [1.82, 2.24) is 0 Å². The second-order valence-corrected chi connectivity index (χ2v) is 10.3. The van der Waals surface area contributed by atoms with E-state index in [1.54, 1.807) is 26.0 Å². The van der Waals surface area contributed by atoms with Gasteiger partial charge in [0.25, 0.3) is 5.91 Å². The van der Waals surface area contributed by atoms with Gasteiger partial charge in [0.05, 0.1) is 23.1 Å². The van der Waals surface area contributed by atoms with Gasteiger partial charge in [0, 0.05) is 30.0 Å². The van der Waals surface area contributed by atoms with Crippen LogP contribution >= 0.6 is 0 Å². The summed E-state index contributed by atoms with van der Waals surface area (Å²) in [7, 11) is -3.47. The molecule has 2 N–H and O–H groups in total. The van der Waals surface area contributed by atoms with Crippen LogP contribution < -0.4 is 14.9 Å². The number of carbonyl (C=O) groups is 1. The molecule has 2 aromatic rings. The first-order valence-electron chi connectivity index (χ1n) is 10.2. The van der Waals surface area contributed by atoms with Crippen LogP contribution in [-0.4, -0.2) is 44.9 Å². The lowest BCUT2D eigenvalue weighted by Crippen LogP contribution is -2.45. The Bertz CT molecular complexity index is 1030. The van der Waals surface area contributed by atoms with E-state index in [1.165, 1.54) is 30.3 Å². The number of ether oxygens (including phenoxy) is 1. The Morgan fingerprint density at radius 3 is 2.26 bits per heavy atom. The van der Waals surface area contributed by atoms with Crippen molar-refractivity contribution in [2.24, 2.45) is 0 Å². The van der Waals surface area contributed by atoms with Crippen molar-refractivity contribution in [2.75, 3.05) is 28.0 Å². The fourth-order valence-corrected chi connectivity index (χ4v) is 4.06. The zero-order valence-electron chi connectivity index (χ0n) is 18.1. The summed E-state index contributed by atoms with van der Waals surface area (Å²) in [6.07, 6.45) is 0.110. The smallest absolute Gasteiger partial charge is 0.255 e. The molecule has 0 saturated carbocycles. The zero-order valence-corrected chi connectivity index (χ0v) is 18.9. The lowest BCUT2D eigenvalue weighted by atomic mass is 10.1. The summed E-state index contributed by atoms with van der Waals surface area (Å²) in [5.41, 5.74) is 1.45. The van der Waals surface area contributed by atoms with E-state index in [2.05, 4.69) is 14.9 Å². The molecule has 9 heteroatoms. The molecule has 2 atom stereocenters. The van der Waals surface area contributed by atoms with Crippen LogP contribution in [-0.2, 0) is 14.8 Å². The predicted octanol–water partition coefficient (Wildman–Crippen LogP) is 3.84. The van der Waals surface area contributed by atoms with Gasteiger partial charge in [-0.15, -0.1) is 0 Å². The molecule has 0 spiro atoms. The summed E-state index contributed by atoms with van der Waals surface area (Å²) in [6.45, 7) is 8.44. The van der Waals surface area contributed by atoms with Crippen LogP contribution in [0.15, 0.2) is 42.5 Å². The fourth-order valence-electron chi connectivity index (χ4n) is 3.36. The lowest BCUT2D eigenvalue weighted by Gasteiger charge is -2.37. The Kier molecular flexibility index (Phi) is 6.86. The molecule has 1 aliphatic rings. The van der Waals surface area contributed by atoms with Gasteiger partial charge in [-0.1, -0.05) is 0 Å². The maximum Gasteiger partial charge on any atom is 0.255 e. The van der Waals surface area contributed by atoms with Crippen LogP contribution in [0.5, 0.6) is 0 Å². The first-order valence-corrected chi connectivity index (χ1v) is 11.7. The maximum atomic E-state index is 14.7. The third-order valence-corrected chi connectivity index (χ3v) is 6.77. The van der Waals surface area contributed by atoms with Crippen molar-refractivity contribution in [3.05, 3.63) is 53.8 Å². The Labute approximate surface area is 182 Å². The van der Waals surface area contributed by atoms with E-state index in [-0.39, 0.29) is 23.5 Å². The molecule has 0 aromatic heterocycles. The summed E-state index contributed by atoms with van der Waals surface area (Å²) < 4.78 is 46.7. The summed E-state index contributed by atoms with van der Waals surface area (Å²) in [5, 5.41) is 1.99. The number of nitrogens with zero attached hydrogens (tertiary/aromatic N) is 1. The molecule has 1 saturated heterocycles. The predicted molar refractivity (Wildman–Crippen MR) is 121 cm³/mol. The van der Waals surface area contributed by atoms with Gasteiger partial charge in [0.2, 0.25) is 10.0 Å². The van der Waals surface area contributed by atoms with Crippen LogP contribution in [0, 0.1) is 5.82 Å². The molecular weight excluding hydrogens is 421 g/mol. The van der Waals surface area contributed by atoms with Gasteiger partial charge in [-0.3, -0.25) is 9.52 Å². The molecule has 31 heavy (non-hydrogen) atoms. The molecule has 0 radical (unpaired) electrons. The minimum atomic E-state index is -3.47. The first-order chi connectivity index (χ1) is 14.5. The summed E-state index contributed by atoms with van der Waals surface area (Å²) in [6, 6.07) is 10.7. The summed E-state index contributed by atoms with van der Waals surface area (Å²) in [5.74, 6) is -1.02. The Morgan fingerprint density at radius 2 is 1.71 bits per heavy atom. The Hall–Kier alpha value is -2.65. The zero-order chi connectivity index (χ0) is 22.8. The number of sulfonamides is 1. The second kappa shape index (κ2) is 9.23. The molecule has 1 fully saturated rings. The van der Waals surface area contributed by atoms with E-state index in [1.807, 2.05) is 13.8 Å². The number of rotatable bonds is 6. The number of amides is 1. The van der Waals surface area contributed by atoms with Gasteiger partial charge >= 0.3 is 0 Å². The van der Waals surface area contributed by atoms with E-state index in [4.69, 9.17) is 4.74 Å². The SMILES string of the molecule is CC1CN(c2ccc(NC(=O)c3ccc(NS(=O)(=O)C(C)C)cc3)c(F)c2)C[C@@H](C)O1. The second-order valence-electron chi connectivity index (χ2n) is 8.05. The Balaban J connectivity index is 1.68. The average molecular weight is 450 g/mol. The topological polar surface area (TPSA) is 87.7 Å². The number of hydrogen-bond acceptors (Lipinski definition) is 5. The van der Waals surface area contributed by atoms with E-state index in [0.717, 1.165) is 5.69 Å². The fraction of sp³-hybridized carbons (Fsp3) is 0.409. The molecule has 3 rings (SSSR count). The van der Waals surface area contributed by atoms with Crippen molar-refractivity contribution in [2.45, 2.75) is 45.2 Å². The highest BCUT2D eigenvalue weighted by Crippen LogP contribution is 2.25. The number of benzene rings is 2. The van der Waals surface area contributed by atoms with E-state index in [9.17, 15) is 17.6 Å². The highest BCUT2D eigenvalue weighted by molar-refractivity contribution is 7.93. The highest BCUT2D eigenvalue weighted by Gasteiger charge is 2.23. The van der Waals surface area contributed by atoms with Crippen LogP contribution in [0.25, 0.3) is 0 Å². The van der Waals surface area contributed by atoms with Crippen molar-refractivity contribution in [3.63, 3.8) is 0 Å².